The number of halogens is 1. The average molecular weight is 402 g/mol. The van der Waals surface area contributed by atoms with Gasteiger partial charge in [0.15, 0.2) is 5.88 Å². The fourth-order valence-corrected chi connectivity index (χ4v) is 3.54. The van der Waals surface area contributed by atoms with Crippen molar-refractivity contribution in [2.75, 3.05) is 18.5 Å². The van der Waals surface area contributed by atoms with Gasteiger partial charge in [0.25, 0.3) is 0 Å². The molecule has 0 atom stereocenters. The molecule has 4 rings (SSSR count). The van der Waals surface area contributed by atoms with Crippen LogP contribution in [0.4, 0.5) is 15.8 Å². The summed E-state index contributed by atoms with van der Waals surface area (Å²) in [7, 11) is 1.86. The number of aromatic hydroxyl groups is 1. The molecule has 0 spiro atoms. The van der Waals surface area contributed by atoms with Gasteiger partial charge in [-0.15, -0.1) is 0 Å². The zero-order valence-electron chi connectivity index (χ0n) is 16.9. The van der Waals surface area contributed by atoms with Crippen LogP contribution in [0.2, 0.25) is 0 Å². The van der Waals surface area contributed by atoms with Crippen LogP contribution >= 0.6 is 0 Å². The van der Waals surface area contributed by atoms with Crippen LogP contribution in [0.25, 0.3) is 10.9 Å². The second-order valence-corrected chi connectivity index (χ2v) is 7.27. The van der Waals surface area contributed by atoms with E-state index in [4.69, 9.17) is 0 Å². The Labute approximate surface area is 174 Å². The van der Waals surface area contributed by atoms with Gasteiger partial charge >= 0.3 is 0 Å². The number of likely N-dealkylation sites (N-methyl/N-ethyl adjacent to an activating group) is 1. The Morgan fingerprint density at radius 1 is 1.17 bits per heavy atom. The minimum absolute atomic E-state index is 0.0504. The maximum atomic E-state index is 14.7. The molecule has 2 aromatic carbocycles. The zero-order chi connectivity index (χ0) is 21.1. The first kappa shape index (κ1) is 19.6. The maximum absolute atomic E-state index is 14.7. The number of aryl methyl sites for hydroxylation is 1. The molecular weight excluding hydrogens is 379 g/mol. The van der Waals surface area contributed by atoms with Gasteiger partial charge in [0, 0.05) is 55.1 Å². The number of benzene rings is 2. The van der Waals surface area contributed by atoms with E-state index in [1.54, 1.807) is 24.5 Å². The van der Waals surface area contributed by atoms with Crippen LogP contribution < -0.4 is 4.90 Å². The Balaban J connectivity index is 1.52. The Morgan fingerprint density at radius 2 is 2.03 bits per heavy atom. The summed E-state index contributed by atoms with van der Waals surface area (Å²) in [6.45, 7) is 2.63. The standard InChI is InChI=1S/C24H23FN4O/c1-16-6-5-8-21-23(16)19(24(30)28-21)15-27-18-9-10-22(20(25)14-18)29(2)13-11-17-7-3-4-12-26-17/h3-10,12,14-15,28,30H,11,13H2,1-2H3. The number of nitrogens with zero attached hydrogens (tertiary/aromatic N) is 3. The van der Waals surface area contributed by atoms with Gasteiger partial charge in [-0.1, -0.05) is 18.2 Å². The van der Waals surface area contributed by atoms with Gasteiger partial charge in [-0.2, -0.15) is 0 Å². The van der Waals surface area contributed by atoms with Crippen LogP contribution in [0, 0.1) is 12.7 Å². The highest BCUT2D eigenvalue weighted by Crippen LogP contribution is 2.29. The van der Waals surface area contributed by atoms with E-state index in [9.17, 15) is 9.50 Å². The van der Waals surface area contributed by atoms with Gasteiger partial charge in [-0.05, 0) is 42.8 Å². The summed E-state index contributed by atoms with van der Waals surface area (Å²) in [4.78, 5) is 13.5. The Kier molecular flexibility index (Phi) is 5.48. The zero-order valence-corrected chi connectivity index (χ0v) is 16.9. The van der Waals surface area contributed by atoms with E-state index in [0.717, 1.165) is 28.6 Å². The van der Waals surface area contributed by atoms with Gasteiger partial charge in [-0.25, -0.2) is 4.39 Å². The summed E-state index contributed by atoms with van der Waals surface area (Å²) in [6.07, 6.45) is 4.06. The van der Waals surface area contributed by atoms with Crippen molar-refractivity contribution < 1.29 is 9.50 Å². The topological polar surface area (TPSA) is 64.5 Å². The number of fused-ring (bicyclic) bond motifs is 1. The van der Waals surface area contributed by atoms with Crippen molar-refractivity contribution in [3.8, 4) is 5.88 Å². The highest BCUT2D eigenvalue weighted by molar-refractivity contribution is 6.04. The molecule has 6 heteroatoms. The van der Waals surface area contributed by atoms with Crippen LogP contribution in [0.15, 0.2) is 65.8 Å². The molecule has 0 radical (unpaired) electrons. The molecule has 0 unspecified atom stereocenters. The quantitative estimate of drug-likeness (QED) is 0.439. The number of hydrogen-bond acceptors (Lipinski definition) is 4. The number of nitrogens with one attached hydrogen (secondary N) is 1. The Morgan fingerprint density at radius 3 is 2.80 bits per heavy atom. The summed E-state index contributed by atoms with van der Waals surface area (Å²) in [5.74, 6) is -0.290. The highest BCUT2D eigenvalue weighted by atomic mass is 19.1. The molecule has 4 aromatic rings. The summed E-state index contributed by atoms with van der Waals surface area (Å²) in [6, 6.07) is 16.5. The van der Waals surface area contributed by atoms with Crippen molar-refractivity contribution >= 4 is 28.5 Å². The molecule has 0 saturated heterocycles. The number of hydrogen-bond donors (Lipinski definition) is 2. The van der Waals surface area contributed by atoms with Crippen LogP contribution in [0.3, 0.4) is 0 Å². The molecular formula is C24H23FN4O. The second kappa shape index (κ2) is 8.37. The minimum atomic E-state index is -0.340. The molecule has 0 aliphatic rings. The third kappa shape index (κ3) is 4.03. The predicted octanol–water partition coefficient (Wildman–Crippen LogP) is 5.15. The Bertz CT molecular complexity index is 1200. The molecule has 0 aliphatic carbocycles. The molecule has 0 bridgehead atoms. The molecule has 0 aliphatic heterocycles. The van der Waals surface area contributed by atoms with Crippen LogP contribution in [0.5, 0.6) is 5.88 Å². The lowest BCUT2D eigenvalue weighted by molar-refractivity contribution is 0.457. The number of pyridine rings is 1. The number of H-pyrrole nitrogens is 1. The molecule has 5 nitrogen and oxygen atoms in total. The number of aromatic amines is 1. The number of aromatic nitrogens is 2. The van der Waals surface area contributed by atoms with E-state index in [1.165, 1.54) is 6.07 Å². The average Bonchev–Trinajstić information content (AvgIpc) is 3.07. The normalized spacial score (nSPS) is 11.4. The Hall–Kier alpha value is -3.67. The first-order valence-electron chi connectivity index (χ1n) is 9.78. The molecule has 2 heterocycles. The van der Waals surface area contributed by atoms with E-state index in [2.05, 4.69) is 15.0 Å². The molecule has 0 saturated carbocycles. The molecule has 152 valence electrons. The SMILES string of the molecule is Cc1cccc2[nH]c(O)c(C=Nc3ccc(N(C)CCc4ccccn4)c(F)c3)c12. The van der Waals surface area contributed by atoms with Crippen molar-refractivity contribution in [2.45, 2.75) is 13.3 Å². The van der Waals surface area contributed by atoms with E-state index >= 15 is 0 Å². The maximum Gasteiger partial charge on any atom is 0.198 e. The number of aliphatic imine (C=N–C) groups is 1. The van der Waals surface area contributed by atoms with E-state index < -0.39 is 0 Å². The lowest BCUT2D eigenvalue weighted by Crippen LogP contribution is -2.21. The van der Waals surface area contributed by atoms with Crippen molar-refractivity contribution in [1.82, 2.24) is 9.97 Å². The molecule has 0 fully saturated rings. The lowest BCUT2D eigenvalue weighted by atomic mass is 10.1. The minimum Gasteiger partial charge on any atom is -0.494 e. The van der Waals surface area contributed by atoms with Gasteiger partial charge in [0.1, 0.15) is 5.82 Å². The number of anilines is 1. The summed E-state index contributed by atoms with van der Waals surface area (Å²) < 4.78 is 14.7. The van der Waals surface area contributed by atoms with Crippen molar-refractivity contribution in [3.63, 3.8) is 0 Å². The molecule has 30 heavy (non-hydrogen) atoms. The van der Waals surface area contributed by atoms with Crippen LogP contribution in [0.1, 0.15) is 16.8 Å². The third-order valence-corrected chi connectivity index (χ3v) is 5.17. The van der Waals surface area contributed by atoms with E-state index in [-0.39, 0.29) is 11.7 Å². The van der Waals surface area contributed by atoms with E-state index in [0.29, 0.717) is 23.5 Å². The second-order valence-electron chi connectivity index (χ2n) is 7.27. The van der Waals surface area contributed by atoms with Gasteiger partial charge < -0.3 is 15.0 Å². The lowest BCUT2D eigenvalue weighted by Gasteiger charge is -2.19. The van der Waals surface area contributed by atoms with Gasteiger partial charge in [0.2, 0.25) is 0 Å². The third-order valence-electron chi connectivity index (χ3n) is 5.17. The van der Waals surface area contributed by atoms with Crippen molar-refractivity contribution in [3.05, 3.63) is 83.4 Å². The molecule has 2 N–H and O–H groups in total. The fourth-order valence-electron chi connectivity index (χ4n) is 3.54. The largest absolute Gasteiger partial charge is 0.494 e. The number of rotatable bonds is 6. The fraction of sp³-hybridized carbons (Fsp3) is 0.167. The van der Waals surface area contributed by atoms with Crippen molar-refractivity contribution in [2.24, 2.45) is 4.99 Å². The highest BCUT2D eigenvalue weighted by Gasteiger charge is 2.12. The summed E-state index contributed by atoms with van der Waals surface area (Å²) in [5.41, 5.74) is 4.43. The summed E-state index contributed by atoms with van der Waals surface area (Å²) >= 11 is 0. The van der Waals surface area contributed by atoms with E-state index in [1.807, 2.05) is 55.3 Å². The first-order chi connectivity index (χ1) is 14.5. The predicted molar refractivity (Wildman–Crippen MR) is 120 cm³/mol. The first-order valence-corrected chi connectivity index (χ1v) is 9.78. The van der Waals surface area contributed by atoms with Crippen LogP contribution in [-0.2, 0) is 6.42 Å². The molecule has 2 aromatic heterocycles. The van der Waals surface area contributed by atoms with Crippen molar-refractivity contribution in [1.29, 1.82) is 0 Å². The summed E-state index contributed by atoms with van der Waals surface area (Å²) in [5, 5.41) is 11.1. The van der Waals surface area contributed by atoms with Gasteiger partial charge in [0.05, 0.1) is 16.9 Å². The van der Waals surface area contributed by atoms with Gasteiger partial charge in [-0.3, -0.25) is 9.98 Å². The van der Waals surface area contributed by atoms with Crippen LogP contribution in [-0.4, -0.2) is 34.9 Å². The monoisotopic (exact) mass is 402 g/mol. The molecule has 0 amide bonds. The smallest absolute Gasteiger partial charge is 0.198 e.